The molecule has 8 saturated carbocycles. The maximum atomic E-state index is 2.89. The molecule has 8 fully saturated rings. The highest BCUT2D eigenvalue weighted by Crippen LogP contribution is 2.66. The normalized spacial score (nSPS) is 42.1. The molecule has 14 aliphatic rings. The van der Waals surface area contributed by atoms with Crippen LogP contribution in [0.15, 0.2) is 78.9 Å². The fraction of sp³-hybridized carbons (Fsp3) is 0.571. The van der Waals surface area contributed by atoms with Gasteiger partial charge in [0.15, 0.2) is 0 Å². The summed E-state index contributed by atoms with van der Waals surface area (Å²) in [5.74, 6) is 16.8. The molecule has 20 atom stereocenters. The Morgan fingerprint density at radius 1 is 0.315 bits per heavy atom. The van der Waals surface area contributed by atoms with E-state index in [0.29, 0.717) is 47.3 Å². The lowest BCUT2D eigenvalue weighted by atomic mass is 9.33. The molecule has 0 aromatic heterocycles. The van der Waals surface area contributed by atoms with Crippen molar-refractivity contribution in [3.8, 4) is 0 Å². The van der Waals surface area contributed by atoms with E-state index < -0.39 is 0 Å². The zero-order valence-corrected chi connectivity index (χ0v) is 44.3. The van der Waals surface area contributed by atoms with Gasteiger partial charge in [0.2, 0.25) is 0 Å². The van der Waals surface area contributed by atoms with Gasteiger partial charge in [0.1, 0.15) is 0 Å². The minimum atomic E-state index is 0.197. The second kappa shape index (κ2) is 14.4. The average molecular weight is 957 g/mol. The van der Waals surface area contributed by atoms with Crippen molar-refractivity contribution in [2.24, 2.45) is 71.0 Å². The smallest absolute Gasteiger partial charge is 0.252 e. The van der Waals surface area contributed by atoms with Gasteiger partial charge in [-0.15, -0.1) is 0 Å². The summed E-state index contributed by atoms with van der Waals surface area (Å²) in [5.41, 5.74) is 27.1. The lowest BCUT2D eigenvalue weighted by Crippen LogP contribution is -2.61. The van der Waals surface area contributed by atoms with Crippen LogP contribution in [0.5, 0.6) is 0 Å². The Morgan fingerprint density at radius 2 is 0.658 bits per heavy atom. The molecule has 0 radical (unpaired) electrons. The highest BCUT2D eigenvalue weighted by atomic mass is 15.2. The Bertz CT molecular complexity index is 3050. The van der Waals surface area contributed by atoms with Crippen LogP contribution >= 0.6 is 0 Å². The molecule has 12 aliphatic carbocycles. The molecule has 0 amide bonds. The van der Waals surface area contributed by atoms with Crippen molar-refractivity contribution >= 4 is 57.2 Å². The molecule has 3 heteroatoms. The molecule has 20 unspecified atom stereocenters. The third kappa shape index (κ3) is 5.46. The molecule has 0 N–H and O–H groups in total. The quantitative estimate of drug-likeness (QED) is 0.159. The molecule has 19 rings (SSSR count). The van der Waals surface area contributed by atoms with E-state index in [1.165, 1.54) is 137 Å². The molecule has 73 heavy (non-hydrogen) atoms. The molecular formula is C70H77BN2. The Balaban J connectivity index is 0.864. The van der Waals surface area contributed by atoms with Crippen LogP contribution in [-0.2, 0) is 0 Å². The van der Waals surface area contributed by atoms with Crippen molar-refractivity contribution in [2.45, 2.75) is 178 Å². The van der Waals surface area contributed by atoms with E-state index >= 15 is 0 Å². The van der Waals surface area contributed by atoms with Gasteiger partial charge in [-0.25, -0.2) is 0 Å². The first-order valence-corrected chi connectivity index (χ1v) is 31.1. The van der Waals surface area contributed by atoms with Gasteiger partial charge in [0.25, 0.3) is 6.71 Å². The first-order valence-electron chi connectivity index (χ1n) is 31.1. The number of nitrogens with zero attached hydrogens (tertiary/aromatic N) is 2. The Kier molecular flexibility index (Phi) is 8.28. The monoisotopic (exact) mass is 957 g/mol. The van der Waals surface area contributed by atoms with Crippen LogP contribution in [0.1, 0.15) is 222 Å². The lowest BCUT2D eigenvalue weighted by Gasteiger charge is -2.46. The molecule has 2 aliphatic heterocycles. The summed E-state index contributed by atoms with van der Waals surface area (Å²) in [5, 5.41) is 0. The number of benzene rings is 5. The van der Waals surface area contributed by atoms with Crippen LogP contribution in [0, 0.1) is 71.0 Å². The highest BCUT2D eigenvalue weighted by Gasteiger charge is 2.55. The van der Waals surface area contributed by atoms with Gasteiger partial charge in [-0.2, -0.15) is 0 Å². The molecule has 0 saturated heterocycles. The minimum Gasteiger partial charge on any atom is -0.311 e. The van der Waals surface area contributed by atoms with Gasteiger partial charge in [-0.1, -0.05) is 58.0 Å². The Morgan fingerprint density at radius 3 is 1.04 bits per heavy atom. The Hall–Kier alpha value is -4.24. The van der Waals surface area contributed by atoms with Crippen LogP contribution in [0.25, 0.3) is 0 Å². The molecule has 5 aromatic rings. The van der Waals surface area contributed by atoms with E-state index in [9.17, 15) is 0 Å². The molecule has 2 nitrogen and oxygen atoms in total. The predicted molar refractivity (Wildman–Crippen MR) is 301 cm³/mol. The summed E-state index contributed by atoms with van der Waals surface area (Å²) >= 11 is 0. The summed E-state index contributed by atoms with van der Waals surface area (Å²) < 4.78 is 0. The molecule has 8 bridgehead atoms. The summed E-state index contributed by atoms with van der Waals surface area (Å²) in [4.78, 5) is 5.74. The summed E-state index contributed by atoms with van der Waals surface area (Å²) in [6.45, 7) is 10.6. The maximum absolute atomic E-state index is 2.89. The predicted octanol–water partition coefficient (Wildman–Crippen LogP) is 16.3. The van der Waals surface area contributed by atoms with Crippen LogP contribution in [0.4, 0.5) is 34.1 Å². The van der Waals surface area contributed by atoms with Crippen molar-refractivity contribution in [3.63, 3.8) is 0 Å². The van der Waals surface area contributed by atoms with Crippen molar-refractivity contribution in [2.75, 3.05) is 9.80 Å². The first kappa shape index (κ1) is 41.9. The zero-order chi connectivity index (χ0) is 47.6. The van der Waals surface area contributed by atoms with Gasteiger partial charge in [-0.3, -0.25) is 0 Å². The molecule has 5 aromatic carbocycles. The first-order chi connectivity index (χ1) is 35.7. The van der Waals surface area contributed by atoms with E-state index in [0.717, 1.165) is 71.0 Å². The van der Waals surface area contributed by atoms with Gasteiger partial charge in [0, 0.05) is 34.1 Å². The number of hydrogen-bond acceptors (Lipinski definition) is 2. The third-order valence-corrected chi connectivity index (χ3v) is 26.4. The molecular weight excluding hydrogens is 880 g/mol. The van der Waals surface area contributed by atoms with Crippen molar-refractivity contribution < 1.29 is 0 Å². The van der Waals surface area contributed by atoms with Crippen molar-refractivity contribution in [3.05, 3.63) is 123 Å². The van der Waals surface area contributed by atoms with Crippen LogP contribution in [0.3, 0.4) is 0 Å². The summed E-state index contributed by atoms with van der Waals surface area (Å²) in [7, 11) is 0. The SMILES string of the molecule is CC1CC2CC3CC(CC23)c2cc(N3c4cc5c(cc4B4c6cc7c(cc6N(c6ccc8c(c6)C6CC9CC(CC8C)C9C6)c6cccc3c64)C3CC4CC(CC7C)C4C3)C(C)CC3CC4CC5CC34)ccc21. The number of anilines is 6. The maximum Gasteiger partial charge on any atom is 0.252 e. The van der Waals surface area contributed by atoms with Gasteiger partial charge < -0.3 is 9.80 Å². The largest absolute Gasteiger partial charge is 0.311 e. The minimum absolute atomic E-state index is 0.197. The second-order valence-electron chi connectivity index (χ2n) is 29.4. The van der Waals surface area contributed by atoms with E-state index in [1.807, 2.05) is 0 Å². The lowest BCUT2D eigenvalue weighted by molar-refractivity contribution is 0.0890. The van der Waals surface area contributed by atoms with Crippen LogP contribution in [-0.4, -0.2) is 6.71 Å². The van der Waals surface area contributed by atoms with Crippen molar-refractivity contribution in [1.29, 1.82) is 0 Å². The number of fused-ring (bicyclic) bond motifs is 16. The Labute approximate surface area is 437 Å². The number of hydrogen-bond donors (Lipinski definition) is 0. The topological polar surface area (TPSA) is 6.48 Å². The molecule has 0 spiro atoms. The van der Waals surface area contributed by atoms with Crippen LogP contribution in [0.2, 0.25) is 0 Å². The summed E-state index contributed by atoms with van der Waals surface area (Å²) in [6, 6.07) is 35.2. The van der Waals surface area contributed by atoms with E-state index in [2.05, 4.69) is 116 Å². The van der Waals surface area contributed by atoms with Gasteiger partial charge in [0.05, 0.1) is 0 Å². The fourth-order valence-electron chi connectivity index (χ4n) is 23.1. The zero-order valence-electron chi connectivity index (χ0n) is 44.3. The standard InChI is InChI=1S/C70H77BN2/c1-34-12-38-16-42-20-46(24-56(38)42)60-28-50(8-10-52(34)60)72-66-6-5-7-67-70(66)71(64-30-54-36(3)14-40-18-44-22-48(26-58(40)44)62(54)32-68(64)72)65-31-55-37(4)15-41-19-45-23-49(27-59(41)45)63(55)33-69(65)73(67)51-9-11-53-35(2)13-39-17-43-21-47(25-57(39)43)61(53)29-51/h5-11,28-49,56-59H,12-27H2,1-4H3. The summed E-state index contributed by atoms with van der Waals surface area (Å²) in [6.07, 6.45) is 22.8. The molecule has 370 valence electrons. The average Bonchev–Trinajstić information content (AvgIpc) is 4.16. The third-order valence-electron chi connectivity index (χ3n) is 26.4. The van der Waals surface area contributed by atoms with Crippen molar-refractivity contribution in [1.82, 2.24) is 0 Å². The van der Waals surface area contributed by atoms with E-state index in [4.69, 9.17) is 0 Å². The number of rotatable bonds is 2. The van der Waals surface area contributed by atoms with Crippen LogP contribution < -0.4 is 26.2 Å². The van der Waals surface area contributed by atoms with E-state index in [-0.39, 0.29) is 6.71 Å². The molecule has 2 heterocycles. The highest BCUT2D eigenvalue weighted by molar-refractivity contribution is 7.00. The fourth-order valence-corrected chi connectivity index (χ4v) is 23.1. The van der Waals surface area contributed by atoms with Gasteiger partial charge in [-0.05, 0) is 331 Å². The van der Waals surface area contributed by atoms with Gasteiger partial charge >= 0.3 is 0 Å². The second-order valence-corrected chi connectivity index (χ2v) is 29.4. The van der Waals surface area contributed by atoms with E-state index in [1.54, 1.807) is 60.9 Å².